The van der Waals surface area contributed by atoms with E-state index in [-0.39, 0.29) is 0 Å². The summed E-state index contributed by atoms with van der Waals surface area (Å²) in [5.74, 6) is 0.371. The second-order valence-electron chi connectivity index (χ2n) is 7.51. The van der Waals surface area contributed by atoms with Gasteiger partial charge in [0, 0.05) is 32.6 Å². The van der Waals surface area contributed by atoms with E-state index in [0.29, 0.717) is 5.91 Å². The summed E-state index contributed by atoms with van der Waals surface area (Å²) in [7, 11) is 0. The van der Waals surface area contributed by atoms with Gasteiger partial charge in [-0.25, -0.2) is 0 Å². The predicted molar refractivity (Wildman–Crippen MR) is 104 cm³/mol. The lowest BCUT2D eigenvalue weighted by molar-refractivity contribution is -0.133. The van der Waals surface area contributed by atoms with Crippen LogP contribution in [-0.2, 0) is 4.79 Å². The van der Waals surface area contributed by atoms with E-state index >= 15 is 0 Å². The number of hydrogen-bond donors (Lipinski definition) is 0. The number of nitrogens with zero attached hydrogens (tertiary/aromatic N) is 2. The van der Waals surface area contributed by atoms with Gasteiger partial charge in [0.05, 0.1) is 0 Å². The third-order valence-corrected chi connectivity index (χ3v) is 5.30. The molecule has 142 valence electrons. The molecule has 1 saturated heterocycles. The van der Waals surface area contributed by atoms with Crippen LogP contribution >= 0.6 is 0 Å². The molecule has 1 fully saturated rings. The highest BCUT2D eigenvalue weighted by atomic mass is 16.2. The zero-order chi connectivity index (χ0) is 17.5. The van der Waals surface area contributed by atoms with Crippen molar-refractivity contribution in [3.8, 4) is 0 Å². The molecule has 1 amide bonds. The van der Waals surface area contributed by atoms with Crippen LogP contribution < -0.4 is 0 Å². The fourth-order valence-electron chi connectivity index (χ4n) is 3.53. The standard InChI is InChI=1S/C21H42N2O/c1-3-5-7-8-9-10-11-12-13-14-16-22-17-19-23(20-18-22)21(24)15-6-4-2/h3-20H2,1-2H3. The first-order chi connectivity index (χ1) is 11.8. The van der Waals surface area contributed by atoms with Crippen molar-refractivity contribution in [3.05, 3.63) is 0 Å². The maximum Gasteiger partial charge on any atom is 0.222 e. The Hall–Kier alpha value is -0.570. The number of piperazine rings is 1. The van der Waals surface area contributed by atoms with Gasteiger partial charge >= 0.3 is 0 Å². The van der Waals surface area contributed by atoms with Crippen molar-refractivity contribution < 1.29 is 4.79 Å². The van der Waals surface area contributed by atoms with Crippen LogP contribution in [-0.4, -0.2) is 48.4 Å². The maximum absolute atomic E-state index is 12.0. The number of hydrogen-bond acceptors (Lipinski definition) is 2. The Bertz CT molecular complexity index is 298. The molecule has 1 heterocycles. The molecular formula is C21H42N2O. The Morgan fingerprint density at radius 3 is 1.71 bits per heavy atom. The zero-order valence-electron chi connectivity index (χ0n) is 16.5. The first-order valence-electron chi connectivity index (χ1n) is 10.8. The Labute approximate surface area is 151 Å². The minimum absolute atomic E-state index is 0.371. The van der Waals surface area contributed by atoms with Gasteiger partial charge in [0.1, 0.15) is 0 Å². The number of carbonyl (C=O) groups is 1. The Morgan fingerprint density at radius 1 is 0.667 bits per heavy atom. The SMILES string of the molecule is CCCCCCCCCCCCN1CCN(C(=O)CCCC)CC1. The summed E-state index contributed by atoms with van der Waals surface area (Å²) in [5, 5.41) is 0. The molecular weight excluding hydrogens is 296 g/mol. The molecule has 0 aromatic carbocycles. The Kier molecular flexibility index (Phi) is 13.2. The average Bonchev–Trinajstić information content (AvgIpc) is 2.61. The van der Waals surface area contributed by atoms with Crippen molar-refractivity contribution >= 4 is 5.91 Å². The van der Waals surface area contributed by atoms with Crippen LogP contribution in [0.5, 0.6) is 0 Å². The van der Waals surface area contributed by atoms with Crippen LogP contribution in [0.2, 0.25) is 0 Å². The van der Waals surface area contributed by atoms with Crippen LogP contribution in [0.1, 0.15) is 97.3 Å². The fraction of sp³-hybridized carbons (Fsp3) is 0.952. The van der Waals surface area contributed by atoms with Gasteiger partial charge in [-0.05, 0) is 19.4 Å². The largest absolute Gasteiger partial charge is 0.340 e. The van der Waals surface area contributed by atoms with Gasteiger partial charge in [-0.2, -0.15) is 0 Å². The van der Waals surface area contributed by atoms with Gasteiger partial charge in [0.2, 0.25) is 5.91 Å². The molecule has 0 radical (unpaired) electrons. The highest BCUT2D eigenvalue weighted by molar-refractivity contribution is 5.76. The zero-order valence-corrected chi connectivity index (χ0v) is 16.5. The van der Waals surface area contributed by atoms with E-state index in [4.69, 9.17) is 0 Å². The summed E-state index contributed by atoms with van der Waals surface area (Å²) in [4.78, 5) is 16.6. The number of rotatable bonds is 14. The van der Waals surface area contributed by atoms with Crippen molar-refractivity contribution in [3.63, 3.8) is 0 Å². The van der Waals surface area contributed by atoms with E-state index < -0.39 is 0 Å². The molecule has 1 aliphatic heterocycles. The number of amides is 1. The third-order valence-electron chi connectivity index (χ3n) is 5.30. The minimum atomic E-state index is 0.371. The molecule has 0 aliphatic carbocycles. The van der Waals surface area contributed by atoms with E-state index in [0.717, 1.165) is 45.4 Å². The summed E-state index contributed by atoms with van der Waals surface area (Å²) in [6.45, 7) is 9.71. The molecule has 3 nitrogen and oxygen atoms in total. The average molecular weight is 339 g/mol. The molecule has 0 aromatic rings. The van der Waals surface area contributed by atoms with E-state index in [9.17, 15) is 4.79 Å². The highest BCUT2D eigenvalue weighted by Gasteiger charge is 2.19. The topological polar surface area (TPSA) is 23.6 Å². The first kappa shape index (κ1) is 21.5. The van der Waals surface area contributed by atoms with E-state index in [1.165, 1.54) is 70.8 Å². The summed E-state index contributed by atoms with van der Waals surface area (Å²) < 4.78 is 0. The molecule has 0 spiro atoms. The highest BCUT2D eigenvalue weighted by Crippen LogP contribution is 2.12. The van der Waals surface area contributed by atoms with Gasteiger partial charge in [0.15, 0.2) is 0 Å². The van der Waals surface area contributed by atoms with Crippen molar-refractivity contribution in [2.24, 2.45) is 0 Å². The predicted octanol–water partition coefficient (Wildman–Crippen LogP) is 5.24. The molecule has 0 saturated carbocycles. The van der Waals surface area contributed by atoms with Crippen molar-refractivity contribution in [2.45, 2.75) is 97.3 Å². The Morgan fingerprint density at radius 2 is 1.17 bits per heavy atom. The van der Waals surface area contributed by atoms with Crippen LogP contribution in [0.4, 0.5) is 0 Å². The fourth-order valence-corrected chi connectivity index (χ4v) is 3.53. The molecule has 1 aliphatic rings. The lowest BCUT2D eigenvalue weighted by atomic mass is 10.1. The molecule has 1 rings (SSSR count). The quantitative estimate of drug-likeness (QED) is 0.404. The van der Waals surface area contributed by atoms with Crippen LogP contribution in [0.25, 0.3) is 0 Å². The summed E-state index contributed by atoms with van der Waals surface area (Å²) in [6, 6.07) is 0. The summed E-state index contributed by atoms with van der Waals surface area (Å²) in [6.07, 6.45) is 16.9. The molecule has 0 bridgehead atoms. The third kappa shape index (κ3) is 10.3. The normalized spacial score (nSPS) is 15.8. The van der Waals surface area contributed by atoms with Gasteiger partial charge in [-0.15, -0.1) is 0 Å². The number of unbranched alkanes of at least 4 members (excludes halogenated alkanes) is 10. The van der Waals surface area contributed by atoms with E-state index in [1.54, 1.807) is 0 Å². The lowest BCUT2D eigenvalue weighted by Crippen LogP contribution is -2.48. The first-order valence-corrected chi connectivity index (χ1v) is 10.8. The molecule has 0 atom stereocenters. The van der Waals surface area contributed by atoms with Gasteiger partial charge in [-0.3, -0.25) is 9.69 Å². The summed E-state index contributed by atoms with van der Waals surface area (Å²) >= 11 is 0. The van der Waals surface area contributed by atoms with E-state index in [2.05, 4.69) is 23.6 Å². The smallest absolute Gasteiger partial charge is 0.222 e. The molecule has 3 heteroatoms. The van der Waals surface area contributed by atoms with Crippen molar-refractivity contribution in [1.82, 2.24) is 9.80 Å². The lowest BCUT2D eigenvalue weighted by Gasteiger charge is -2.34. The van der Waals surface area contributed by atoms with Crippen molar-refractivity contribution in [1.29, 1.82) is 0 Å². The maximum atomic E-state index is 12.0. The molecule has 0 unspecified atom stereocenters. The monoisotopic (exact) mass is 338 g/mol. The van der Waals surface area contributed by atoms with E-state index in [1.807, 2.05) is 0 Å². The van der Waals surface area contributed by atoms with Crippen LogP contribution in [0, 0.1) is 0 Å². The van der Waals surface area contributed by atoms with Gasteiger partial charge in [-0.1, -0.05) is 78.1 Å². The van der Waals surface area contributed by atoms with Crippen LogP contribution in [0.3, 0.4) is 0 Å². The molecule has 0 aromatic heterocycles. The molecule has 24 heavy (non-hydrogen) atoms. The second kappa shape index (κ2) is 14.7. The van der Waals surface area contributed by atoms with Crippen LogP contribution in [0.15, 0.2) is 0 Å². The number of carbonyl (C=O) groups excluding carboxylic acids is 1. The van der Waals surface area contributed by atoms with Crippen molar-refractivity contribution in [2.75, 3.05) is 32.7 Å². The summed E-state index contributed by atoms with van der Waals surface area (Å²) in [5.41, 5.74) is 0. The second-order valence-corrected chi connectivity index (χ2v) is 7.51. The minimum Gasteiger partial charge on any atom is -0.340 e. The Balaban J connectivity index is 1.90. The van der Waals surface area contributed by atoms with Gasteiger partial charge < -0.3 is 4.90 Å². The van der Waals surface area contributed by atoms with Gasteiger partial charge in [0.25, 0.3) is 0 Å². The molecule has 0 N–H and O–H groups in total.